The smallest absolute Gasteiger partial charge is 0.158 e. The third-order valence-electron chi connectivity index (χ3n) is 6.36. The molecule has 1 rings (SSSR count). The predicted octanol–water partition coefficient (Wildman–Crippen LogP) is 7.56. The molecule has 0 unspecified atom stereocenters. The van der Waals surface area contributed by atoms with Gasteiger partial charge in [0, 0.05) is 13.2 Å². The van der Waals surface area contributed by atoms with Gasteiger partial charge in [0.05, 0.1) is 13.2 Å². The number of aliphatic hydroxyl groups is 1. The van der Waals surface area contributed by atoms with E-state index in [1.807, 2.05) is 0 Å². The topological polar surface area (TPSA) is 47.9 Å². The Morgan fingerprint density at radius 1 is 0.677 bits per heavy atom. The van der Waals surface area contributed by atoms with Crippen LogP contribution < -0.4 is 0 Å². The fourth-order valence-corrected chi connectivity index (χ4v) is 4.31. The molecule has 0 aliphatic carbocycles. The first kappa shape index (κ1) is 28.9. The first-order valence-corrected chi connectivity index (χ1v) is 13.8. The van der Waals surface area contributed by atoms with Crippen molar-refractivity contribution in [1.82, 2.24) is 0 Å². The zero-order valence-corrected chi connectivity index (χ0v) is 20.8. The highest BCUT2D eigenvalue weighted by atomic mass is 16.7. The van der Waals surface area contributed by atoms with Crippen molar-refractivity contribution < 1.29 is 19.3 Å². The van der Waals surface area contributed by atoms with Crippen LogP contribution in [0.4, 0.5) is 0 Å². The van der Waals surface area contributed by atoms with Crippen LogP contribution in [0.5, 0.6) is 0 Å². The zero-order chi connectivity index (χ0) is 22.2. The van der Waals surface area contributed by atoms with Crippen LogP contribution in [0.3, 0.4) is 0 Å². The maximum Gasteiger partial charge on any atom is 0.158 e. The van der Waals surface area contributed by atoms with Gasteiger partial charge >= 0.3 is 0 Å². The van der Waals surface area contributed by atoms with Crippen molar-refractivity contribution in [3.63, 3.8) is 0 Å². The van der Waals surface area contributed by atoms with Gasteiger partial charge in [-0.2, -0.15) is 0 Å². The fraction of sp³-hybridized carbons (Fsp3) is 1.00. The molecule has 1 aliphatic rings. The molecule has 31 heavy (non-hydrogen) atoms. The van der Waals surface area contributed by atoms with Crippen molar-refractivity contribution in [2.24, 2.45) is 0 Å². The second kappa shape index (κ2) is 23.0. The van der Waals surface area contributed by atoms with Gasteiger partial charge in [0.25, 0.3) is 0 Å². The molecule has 0 aromatic heterocycles. The molecular weight excluding hydrogens is 388 g/mol. The number of hydrogen-bond acceptors (Lipinski definition) is 4. The van der Waals surface area contributed by atoms with E-state index in [1.54, 1.807) is 0 Å². The summed E-state index contributed by atoms with van der Waals surface area (Å²) in [6.07, 6.45) is 26.3. The zero-order valence-electron chi connectivity index (χ0n) is 20.8. The molecule has 0 spiro atoms. The fourth-order valence-electron chi connectivity index (χ4n) is 4.31. The van der Waals surface area contributed by atoms with Crippen molar-refractivity contribution >= 4 is 0 Å². The van der Waals surface area contributed by atoms with Crippen LogP contribution in [-0.4, -0.2) is 43.9 Å². The van der Waals surface area contributed by atoms with E-state index < -0.39 is 0 Å². The molecule has 1 aliphatic heterocycles. The minimum absolute atomic E-state index is 0.0138. The van der Waals surface area contributed by atoms with Crippen molar-refractivity contribution in [3.8, 4) is 0 Å². The highest BCUT2D eigenvalue weighted by Crippen LogP contribution is 2.19. The lowest BCUT2D eigenvalue weighted by Crippen LogP contribution is -2.19. The molecule has 0 bridgehead atoms. The summed E-state index contributed by atoms with van der Waals surface area (Å²) in [5.74, 6) is 0. The first-order chi connectivity index (χ1) is 15.4. The molecular formula is C27H54O4. The van der Waals surface area contributed by atoms with E-state index in [2.05, 4.69) is 6.92 Å². The summed E-state index contributed by atoms with van der Waals surface area (Å²) in [4.78, 5) is 0. The molecule has 1 fully saturated rings. The lowest BCUT2D eigenvalue weighted by molar-refractivity contribution is -0.0761. The Labute approximate surface area is 193 Å². The van der Waals surface area contributed by atoms with E-state index in [0.717, 1.165) is 38.7 Å². The number of hydrogen-bond donors (Lipinski definition) is 1. The van der Waals surface area contributed by atoms with Gasteiger partial charge in [-0.1, -0.05) is 110 Å². The molecule has 186 valence electrons. The van der Waals surface area contributed by atoms with Crippen LogP contribution in [0.2, 0.25) is 0 Å². The molecule has 1 heterocycles. The lowest BCUT2D eigenvalue weighted by atomic mass is 10.0. The molecule has 0 amide bonds. The summed E-state index contributed by atoms with van der Waals surface area (Å²) in [5.41, 5.74) is 0. The molecule has 1 saturated heterocycles. The maximum absolute atomic E-state index is 8.76. The van der Waals surface area contributed by atoms with Gasteiger partial charge in [0.1, 0.15) is 6.10 Å². The lowest BCUT2D eigenvalue weighted by Gasteiger charge is -2.12. The Morgan fingerprint density at radius 3 is 1.77 bits per heavy atom. The summed E-state index contributed by atoms with van der Waals surface area (Å²) < 4.78 is 17.4. The highest BCUT2D eigenvalue weighted by molar-refractivity contribution is 4.65. The van der Waals surface area contributed by atoms with Crippen molar-refractivity contribution in [2.45, 2.75) is 148 Å². The summed E-state index contributed by atoms with van der Waals surface area (Å²) in [6.45, 7) is 4.70. The summed E-state index contributed by atoms with van der Waals surface area (Å²) in [7, 11) is 0. The molecule has 0 saturated carbocycles. The molecule has 4 heteroatoms. The first-order valence-electron chi connectivity index (χ1n) is 13.8. The Bertz CT molecular complexity index is 350. The van der Waals surface area contributed by atoms with Crippen LogP contribution >= 0.6 is 0 Å². The average Bonchev–Trinajstić information content (AvgIpc) is 3.23. The monoisotopic (exact) mass is 442 g/mol. The van der Waals surface area contributed by atoms with Crippen LogP contribution in [-0.2, 0) is 14.2 Å². The van der Waals surface area contributed by atoms with Gasteiger partial charge < -0.3 is 19.3 Å². The van der Waals surface area contributed by atoms with Crippen LogP contribution in [0.25, 0.3) is 0 Å². The van der Waals surface area contributed by atoms with Gasteiger partial charge in [-0.25, -0.2) is 0 Å². The van der Waals surface area contributed by atoms with Crippen molar-refractivity contribution in [2.75, 3.05) is 26.4 Å². The van der Waals surface area contributed by atoms with Gasteiger partial charge in [-0.05, 0) is 25.7 Å². The Hall–Kier alpha value is -0.160. The predicted molar refractivity (Wildman–Crippen MR) is 131 cm³/mol. The Kier molecular flexibility index (Phi) is 21.4. The van der Waals surface area contributed by atoms with E-state index in [-0.39, 0.29) is 12.4 Å². The van der Waals surface area contributed by atoms with Gasteiger partial charge in [-0.15, -0.1) is 0 Å². The van der Waals surface area contributed by atoms with Gasteiger partial charge in [0.2, 0.25) is 0 Å². The van der Waals surface area contributed by atoms with E-state index in [0.29, 0.717) is 19.8 Å². The normalized spacial score (nSPS) is 18.8. The standard InChI is InChI=1S/C27H54O4/c1-2-3-4-5-6-7-8-9-10-11-12-13-14-15-18-21-27-30-25-26(31-27)24-29-23-20-17-16-19-22-28/h26-28H,2-25H2,1H3/t26-,27-/m1/s1. The number of rotatable bonds is 24. The molecule has 2 atom stereocenters. The highest BCUT2D eigenvalue weighted by Gasteiger charge is 2.25. The summed E-state index contributed by atoms with van der Waals surface area (Å²) >= 11 is 0. The number of unbranched alkanes of at least 4 members (excludes halogenated alkanes) is 17. The number of ether oxygens (including phenoxy) is 3. The third kappa shape index (κ3) is 19.1. The summed E-state index contributed by atoms with van der Waals surface area (Å²) in [5, 5.41) is 8.76. The molecule has 0 aromatic rings. The SMILES string of the molecule is CCCCCCCCCCCCCCCCC[C@@H]1OC[C@@H](COCCCCCCO)O1. The van der Waals surface area contributed by atoms with Crippen molar-refractivity contribution in [1.29, 1.82) is 0 Å². The summed E-state index contributed by atoms with van der Waals surface area (Å²) in [6, 6.07) is 0. The van der Waals surface area contributed by atoms with Crippen molar-refractivity contribution in [3.05, 3.63) is 0 Å². The van der Waals surface area contributed by atoms with E-state index in [4.69, 9.17) is 19.3 Å². The van der Waals surface area contributed by atoms with Gasteiger partial charge in [-0.3, -0.25) is 0 Å². The average molecular weight is 443 g/mol. The van der Waals surface area contributed by atoms with E-state index in [1.165, 1.54) is 96.3 Å². The van der Waals surface area contributed by atoms with E-state index in [9.17, 15) is 0 Å². The molecule has 0 aromatic carbocycles. The second-order valence-corrected chi connectivity index (χ2v) is 9.47. The molecule has 4 nitrogen and oxygen atoms in total. The molecule has 0 radical (unpaired) electrons. The number of aliphatic hydroxyl groups excluding tert-OH is 1. The molecule has 1 N–H and O–H groups in total. The van der Waals surface area contributed by atoms with E-state index >= 15 is 0 Å². The van der Waals surface area contributed by atoms with Crippen LogP contribution in [0.1, 0.15) is 135 Å². The quantitative estimate of drug-likeness (QED) is 0.157. The van der Waals surface area contributed by atoms with Crippen LogP contribution in [0.15, 0.2) is 0 Å². The minimum Gasteiger partial charge on any atom is -0.396 e. The second-order valence-electron chi connectivity index (χ2n) is 9.47. The third-order valence-corrected chi connectivity index (χ3v) is 6.36. The largest absolute Gasteiger partial charge is 0.396 e. The van der Waals surface area contributed by atoms with Gasteiger partial charge in [0.15, 0.2) is 6.29 Å². The maximum atomic E-state index is 8.76. The Morgan fingerprint density at radius 2 is 1.19 bits per heavy atom. The van der Waals surface area contributed by atoms with Crippen LogP contribution in [0, 0.1) is 0 Å². The Balaban J connectivity index is 1.75. The minimum atomic E-state index is -0.0138.